The molecule has 0 amide bonds. The second-order valence-electron chi connectivity index (χ2n) is 5.72. The van der Waals surface area contributed by atoms with Gasteiger partial charge in [0.1, 0.15) is 5.41 Å². The molecule has 0 saturated carbocycles. The van der Waals surface area contributed by atoms with Gasteiger partial charge in [-0.2, -0.15) is 0 Å². The fourth-order valence-corrected chi connectivity index (χ4v) is 3.63. The van der Waals surface area contributed by atoms with Crippen LogP contribution < -0.4 is 5.32 Å². The average Bonchev–Trinajstić information content (AvgIpc) is 3.12. The maximum Gasteiger partial charge on any atom is 0.321 e. The minimum Gasteiger partial charge on any atom is -0.468 e. The molecular weight excluding hydrogens is 274 g/mol. The zero-order valence-electron chi connectivity index (χ0n) is 12.8. The Morgan fingerprint density at radius 2 is 1.59 bits per heavy atom. The smallest absolute Gasteiger partial charge is 0.321 e. The first-order valence-electron chi connectivity index (χ1n) is 7.70. The van der Waals surface area contributed by atoms with Crippen LogP contribution in [0.15, 0.2) is 60.7 Å². The van der Waals surface area contributed by atoms with E-state index in [2.05, 4.69) is 5.32 Å². The van der Waals surface area contributed by atoms with E-state index in [0.717, 1.165) is 30.6 Å². The summed E-state index contributed by atoms with van der Waals surface area (Å²) in [5.74, 6) is 0.00310. The van der Waals surface area contributed by atoms with Crippen LogP contribution in [0.25, 0.3) is 0 Å². The molecular formula is C19H21NO2. The second kappa shape index (κ2) is 6.32. The van der Waals surface area contributed by atoms with Gasteiger partial charge in [-0.25, -0.2) is 0 Å². The Balaban J connectivity index is 2.25. The third-order valence-corrected chi connectivity index (χ3v) is 4.64. The normalized spacial score (nSPS) is 18.1. The Hall–Kier alpha value is -2.13. The molecule has 3 nitrogen and oxygen atoms in total. The summed E-state index contributed by atoms with van der Waals surface area (Å²) in [4.78, 5) is 13.0. The van der Waals surface area contributed by atoms with Crippen molar-refractivity contribution in [3.8, 4) is 0 Å². The van der Waals surface area contributed by atoms with Crippen molar-refractivity contribution in [2.24, 2.45) is 5.92 Å². The molecule has 3 heteroatoms. The Labute approximate surface area is 131 Å². The number of benzene rings is 2. The number of carbonyl (C=O) groups is 1. The highest BCUT2D eigenvalue weighted by Gasteiger charge is 2.50. The van der Waals surface area contributed by atoms with Gasteiger partial charge in [0.15, 0.2) is 0 Å². The number of nitrogens with one attached hydrogen (secondary N) is 1. The van der Waals surface area contributed by atoms with Crippen LogP contribution in [0, 0.1) is 5.92 Å². The quantitative estimate of drug-likeness (QED) is 0.882. The molecule has 114 valence electrons. The summed E-state index contributed by atoms with van der Waals surface area (Å²) in [7, 11) is 1.48. The molecule has 22 heavy (non-hydrogen) atoms. The first-order chi connectivity index (χ1) is 10.8. The van der Waals surface area contributed by atoms with Gasteiger partial charge in [-0.15, -0.1) is 0 Å². The molecule has 0 aromatic heterocycles. The number of rotatable bonds is 4. The molecule has 3 rings (SSSR count). The second-order valence-corrected chi connectivity index (χ2v) is 5.72. The maximum absolute atomic E-state index is 13.0. The number of hydrogen-bond donors (Lipinski definition) is 1. The molecule has 2 aromatic rings. The Morgan fingerprint density at radius 1 is 1.05 bits per heavy atom. The summed E-state index contributed by atoms with van der Waals surface area (Å²) in [6.45, 7) is 1.75. The van der Waals surface area contributed by atoms with Gasteiger partial charge in [0.05, 0.1) is 7.11 Å². The summed E-state index contributed by atoms with van der Waals surface area (Å²) in [5, 5.41) is 3.39. The number of methoxy groups -OCH3 is 1. The van der Waals surface area contributed by atoms with Crippen molar-refractivity contribution in [2.75, 3.05) is 20.2 Å². The molecule has 0 bridgehead atoms. The van der Waals surface area contributed by atoms with Crippen LogP contribution in [0.2, 0.25) is 0 Å². The zero-order valence-corrected chi connectivity index (χ0v) is 12.8. The molecule has 1 atom stereocenters. The van der Waals surface area contributed by atoms with Crippen LogP contribution in [-0.2, 0) is 14.9 Å². The van der Waals surface area contributed by atoms with Crippen LogP contribution in [0.5, 0.6) is 0 Å². The number of ether oxygens (including phenoxy) is 1. The van der Waals surface area contributed by atoms with Crippen LogP contribution >= 0.6 is 0 Å². The van der Waals surface area contributed by atoms with Gasteiger partial charge in [-0.1, -0.05) is 60.7 Å². The van der Waals surface area contributed by atoms with Crippen molar-refractivity contribution >= 4 is 5.97 Å². The topological polar surface area (TPSA) is 38.3 Å². The molecule has 0 spiro atoms. The lowest BCUT2D eigenvalue weighted by Gasteiger charge is -2.37. The van der Waals surface area contributed by atoms with Gasteiger partial charge in [-0.3, -0.25) is 4.79 Å². The van der Waals surface area contributed by atoms with Crippen molar-refractivity contribution in [1.82, 2.24) is 5.32 Å². The first-order valence-corrected chi connectivity index (χ1v) is 7.70. The largest absolute Gasteiger partial charge is 0.468 e. The number of carbonyl (C=O) groups excluding carboxylic acids is 1. The highest BCUT2D eigenvalue weighted by atomic mass is 16.5. The predicted octanol–water partition coefficient (Wildman–Crippen LogP) is 2.76. The Kier molecular flexibility index (Phi) is 4.25. The third kappa shape index (κ3) is 2.32. The van der Waals surface area contributed by atoms with E-state index in [1.165, 1.54) is 7.11 Å². The van der Waals surface area contributed by atoms with Crippen LogP contribution in [-0.4, -0.2) is 26.2 Å². The minimum atomic E-state index is -0.749. The van der Waals surface area contributed by atoms with Gasteiger partial charge < -0.3 is 10.1 Å². The highest BCUT2D eigenvalue weighted by molar-refractivity contribution is 5.88. The lowest BCUT2D eigenvalue weighted by molar-refractivity contribution is -0.147. The van der Waals surface area contributed by atoms with E-state index in [0.29, 0.717) is 0 Å². The number of hydrogen-bond acceptors (Lipinski definition) is 3. The summed E-state index contributed by atoms with van der Waals surface area (Å²) in [6, 6.07) is 20.0. The molecule has 0 aliphatic carbocycles. The Bertz CT molecular complexity index is 579. The van der Waals surface area contributed by atoms with E-state index in [4.69, 9.17) is 4.74 Å². The summed E-state index contributed by atoms with van der Waals surface area (Å²) >= 11 is 0. The van der Waals surface area contributed by atoms with E-state index in [1.54, 1.807) is 0 Å². The predicted molar refractivity (Wildman–Crippen MR) is 86.7 cm³/mol. The molecule has 1 N–H and O–H groups in total. The summed E-state index contributed by atoms with van der Waals surface area (Å²) in [6.07, 6.45) is 0.957. The van der Waals surface area contributed by atoms with Crippen molar-refractivity contribution in [2.45, 2.75) is 11.8 Å². The molecule has 1 saturated heterocycles. The van der Waals surface area contributed by atoms with Gasteiger partial charge in [0.25, 0.3) is 0 Å². The van der Waals surface area contributed by atoms with Gasteiger partial charge in [0.2, 0.25) is 0 Å². The molecule has 1 aliphatic heterocycles. The molecule has 1 aliphatic rings. The van der Waals surface area contributed by atoms with E-state index < -0.39 is 5.41 Å². The zero-order chi connectivity index (χ0) is 15.4. The molecule has 1 fully saturated rings. The Morgan fingerprint density at radius 3 is 2.00 bits per heavy atom. The van der Waals surface area contributed by atoms with Crippen LogP contribution in [0.1, 0.15) is 17.5 Å². The van der Waals surface area contributed by atoms with Crippen LogP contribution in [0.4, 0.5) is 0 Å². The third-order valence-electron chi connectivity index (χ3n) is 4.64. The van der Waals surface area contributed by atoms with Crippen LogP contribution in [0.3, 0.4) is 0 Å². The molecule has 2 aromatic carbocycles. The van der Waals surface area contributed by atoms with Crippen molar-refractivity contribution in [3.63, 3.8) is 0 Å². The van der Waals surface area contributed by atoms with Crippen molar-refractivity contribution in [1.29, 1.82) is 0 Å². The first kappa shape index (κ1) is 14.8. The molecule has 0 unspecified atom stereocenters. The van der Waals surface area contributed by atoms with E-state index in [-0.39, 0.29) is 11.9 Å². The van der Waals surface area contributed by atoms with Crippen molar-refractivity contribution < 1.29 is 9.53 Å². The number of esters is 1. The van der Waals surface area contributed by atoms with Gasteiger partial charge >= 0.3 is 5.97 Å². The molecule has 0 radical (unpaired) electrons. The van der Waals surface area contributed by atoms with E-state index in [1.807, 2.05) is 60.7 Å². The van der Waals surface area contributed by atoms with Crippen molar-refractivity contribution in [3.05, 3.63) is 71.8 Å². The SMILES string of the molecule is COC(=O)C(c1ccccc1)(c1ccccc1)[C@@H]1CCNC1. The fourth-order valence-electron chi connectivity index (χ4n) is 3.63. The standard InChI is InChI=1S/C19H21NO2/c1-22-18(21)19(17-12-13-20-14-17,15-8-4-2-5-9-15)16-10-6-3-7-11-16/h2-11,17,20H,12-14H2,1H3/t17-/m1/s1. The highest BCUT2D eigenvalue weighted by Crippen LogP contribution is 2.43. The fraction of sp³-hybridized carbons (Fsp3) is 0.316. The minimum absolute atomic E-state index is 0.182. The lowest BCUT2D eigenvalue weighted by Crippen LogP contribution is -2.46. The summed E-state index contributed by atoms with van der Waals surface area (Å²) < 4.78 is 5.27. The summed E-state index contributed by atoms with van der Waals surface area (Å²) in [5.41, 5.74) is 1.25. The monoisotopic (exact) mass is 295 g/mol. The van der Waals surface area contributed by atoms with Gasteiger partial charge in [0, 0.05) is 0 Å². The molecule has 1 heterocycles. The maximum atomic E-state index is 13.0. The van der Waals surface area contributed by atoms with E-state index in [9.17, 15) is 4.79 Å². The average molecular weight is 295 g/mol. The van der Waals surface area contributed by atoms with E-state index >= 15 is 0 Å². The lowest BCUT2D eigenvalue weighted by atomic mass is 9.65. The van der Waals surface area contributed by atoms with Gasteiger partial charge in [-0.05, 0) is 36.6 Å².